The zero-order chi connectivity index (χ0) is 18.8. The first kappa shape index (κ1) is 18.9. The van der Waals surface area contributed by atoms with E-state index in [1.165, 1.54) is 31.2 Å². The molecule has 0 bridgehead atoms. The zero-order valence-corrected chi connectivity index (χ0v) is 14.6. The molecule has 3 rings (SSSR count). The number of rotatable bonds is 4. The van der Waals surface area contributed by atoms with Gasteiger partial charge in [-0.1, -0.05) is 0 Å². The molecule has 0 N–H and O–H groups in total. The number of benzene rings is 2. The Hall–Kier alpha value is -1.91. The predicted molar refractivity (Wildman–Crippen MR) is 91.1 cm³/mol. The fraction of sp³-hybridized carbons (Fsp3) is 0.429. The van der Waals surface area contributed by atoms with E-state index in [1.54, 1.807) is 0 Å². The molecule has 1 saturated carbocycles. The predicted octanol–water partition coefficient (Wildman–Crippen LogP) is 6.50. The molecule has 0 unspecified atom stereocenters. The van der Waals surface area contributed by atoms with Gasteiger partial charge in [0.1, 0.15) is 23.3 Å². The number of aryl methyl sites for hydroxylation is 1. The van der Waals surface area contributed by atoms with E-state index in [-0.39, 0.29) is 29.4 Å². The molecule has 0 amide bonds. The highest BCUT2D eigenvalue weighted by Crippen LogP contribution is 2.42. The van der Waals surface area contributed by atoms with Crippen molar-refractivity contribution < 1.29 is 22.0 Å². The summed E-state index contributed by atoms with van der Waals surface area (Å²) in [5, 5.41) is 0. The highest BCUT2D eigenvalue weighted by Gasteiger charge is 2.28. The van der Waals surface area contributed by atoms with Gasteiger partial charge in [-0.2, -0.15) is 0 Å². The van der Waals surface area contributed by atoms with E-state index in [9.17, 15) is 22.0 Å². The Labute approximate surface area is 150 Å². The van der Waals surface area contributed by atoms with Crippen LogP contribution in [0.15, 0.2) is 24.3 Å². The standard InChI is InChI=1S/C21H21F5/c1-12-17(23)10-16(11-18(12)24)14-2-4-15(5-3-14)21-19(25)8-13(6-7-22)9-20(21)26/h8-11,14-15H,2-7H2,1H3. The molecule has 0 nitrogen and oxygen atoms in total. The van der Waals surface area contributed by atoms with Crippen molar-refractivity contribution in [1.29, 1.82) is 0 Å². The van der Waals surface area contributed by atoms with Crippen molar-refractivity contribution in [2.45, 2.75) is 50.9 Å². The lowest BCUT2D eigenvalue weighted by atomic mass is 9.75. The van der Waals surface area contributed by atoms with Crippen LogP contribution in [0.2, 0.25) is 0 Å². The fourth-order valence-corrected chi connectivity index (χ4v) is 3.90. The lowest BCUT2D eigenvalue weighted by molar-refractivity contribution is 0.374. The maximum Gasteiger partial charge on any atom is 0.129 e. The van der Waals surface area contributed by atoms with E-state index in [0.717, 1.165) is 0 Å². The molecule has 1 aliphatic carbocycles. The summed E-state index contributed by atoms with van der Waals surface area (Å²) in [5.74, 6) is -2.70. The molecular formula is C21H21F5. The third kappa shape index (κ3) is 3.76. The van der Waals surface area contributed by atoms with Crippen LogP contribution in [0.25, 0.3) is 0 Å². The molecule has 26 heavy (non-hydrogen) atoms. The van der Waals surface area contributed by atoms with Crippen LogP contribution in [0, 0.1) is 30.2 Å². The normalized spacial score (nSPS) is 20.4. The highest BCUT2D eigenvalue weighted by atomic mass is 19.1. The lowest BCUT2D eigenvalue weighted by Gasteiger charge is -2.30. The smallest absolute Gasteiger partial charge is 0.129 e. The van der Waals surface area contributed by atoms with Crippen LogP contribution in [0.3, 0.4) is 0 Å². The molecule has 0 saturated heterocycles. The molecule has 0 spiro atoms. The second-order valence-corrected chi connectivity index (χ2v) is 7.07. The maximum atomic E-state index is 14.3. The van der Waals surface area contributed by atoms with E-state index >= 15 is 0 Å². The average molecular weight is 368 g/mol. The number of halogens is 5. The average Bonchev–Trinajstić information content (AvgIpc) is 2.59. The van der Waals surface area contributed by atoms with Gasteiger partial charge in [0.25, 0.3) is 0 Å². The summed E-state index contributed by atoms with van der Waals surface area (Å²) in [4.78, 5) is 0. The quantitative estimate of drug-likeness (QED) is 0.540. The molecule has 5 heteroatoms. The zero-order valence-electron chi connectivity index (χ0n) is 14.6. The van der Waals surface area contributed by atoms with Crippen molar-refractivity contribution >= 4 is 0 Å². The summed E-state index contributed by atoms with van der Waals surface area (Å²) < 4.78 is 68.6. The third-order valence-electron chi connectivity index (χ3n) is 5.43. The van der Waals surface area contributed by atoms with Crippen LogP contribution < -0.4 is 0 Å². The van der Waals surface area contributed by atoms with E-state index < -0.39 is 29.9 Å². The summed E-state index contributed by atoms with van der Waals surface area (Å²) in [6.45, 7) is 0.733. The topological polar surface area (TPSA) is 0 Å². The van der Waals surface area contributed by atoms with E-state index in [1.807, 2.05) is 0 Å². The molecule has 2 aromatic carbocycles. The van der Waals surface area contributed by atoms with E-state index in [0.29, 0.717) is 36.8 Å². The Bertz CT molecular complexity index is 745. The minimum Gasteiger partial charge on any atom is -0.251 e. The Kier molecular flexibility index (Phi) is 5.64. The van der Waals surface area contributed by atoms with Crippen molar-refractivity contribution in [3.63, 3.8) is 0 Å². The molecule has 1 aliphatic rings. The molecular weight excluding hydrogens is 347 g/mol. The number of hydrogen-bond acceptors (Lipinski definition) is 0. The van der Waals surface area contributed by atoms with Crippen LogP contribution in [0.1, 0.15) is 59.8 Å². The minimum absolute atomic E-state index is 0.0000490. The summed E-state index contributed by atoms with van der Waals surface area (Å²) in [7, 11) is 0. The summed E-state index contributed by atoms with van der Waals surface area (Å²) in [6.07, 6.45) is 2.29. The van der Waals surface area contributed by atoms with Gasteiger partial charge in [0.05, 0.1) is 6.67 Å². The second kappa shape index (κ2) is 7.77. The van der Waals surface area contributed by atoms with Crippen molar-refractivity contribution in [2.75, 3.05) is 6.67 Å². The molecule has 0 radical (unpaired) electrons. The molecule has 0 atom stereocenters. The SMILES string of the molecule is Cc1c(F)cc(C2CCC(c3c(F)cc(CCF)cc3F)CC2)cc1F. The van der Waals surface area contributed by atoms with Crippen molar-refractivity contribution in [1.82, 2.24) is 0 Å². The number of alkyl halides is 1. The monoisotopic (exact) mass is 368 g/mol. The minimum atomic E-state index is -0.660. The molecule has 2 aromatic rings. The van der Waals surface area contributed by atoms with Gasteiger partial charge in [-0.3, -0.25) is 4.39 Å². The number of hydrogen-bond donors (Lipinski definition) is 0. The molecule has 0 aromatic heterocycles. The first-order valence-corrected chi connectivity index (χ1v) is 8.90. The summed E-state index contributed by atoms with van der Waals surface area (Å²) in [5.41, 5.74) is 0.959. The lowest BCUT2D eigenvalue weighted by Crippen LogP contribution is -2.15. The van der Waals surface area contributed by atoms with Gasteiger partial charge >= 0.3 is 0 Å². The Morgan fingerprint density at radius 1 is 0.769 bits per heavy atom. The van der Waals surface area contributed by atoms with Gasteiger partial charge in [0.2, 0.25) is 0 Å². The highest BCUT2D eigenvalue weighted by molar-refractivity contribution is 5.31. The van der Waals surface area contributed by atoms with Crippen LogP contribution in [-0.4, -0.2) is 6.67 Å². The first-order chi connectivity index (χ1) is 12.4. The Morgan fingerprint density at radius 2 is 1.27 bits per heavy atom. The second-order valence-electron chi connectivity index (χ2n) is 7.07. The Morgan fingerprint density at radius 3 is 1.77 bits per heavy atom. The van der Waals surface area contributed by atoms with Crippen molar-refractivity contribution in [3.8, 4) is 0 Å². The van der Waals surface area contributed by atoms with Gasteiger partial charge in [0, 0.05) is 17.5 Å². The van der Waals surface area contributed by atoms with Crippen LogP contribution in [0.5, 0.6) is 0 Å². The fourth-order valence-electron chi connectivity index (χ4n) is 3.90. The van der Waals surface area contributed by atoms with E-state index in [2.05, 4.69) is 0 Å². The maximum absolute atomic E-state index is 14.3. The Balaban J connectivity index is 1.75. The molecule has 0 heterocycles. The largest absolute Gasteiger partial charge is 0.251 e. The molecule has 0 aliphatic heterocycles. The van der Waals surface area contributed by atoms with Gasteiger partial charge in [0.15, 0.2) is 0 Å². The van der Waals surface area contributed by atoms with Gasteiger partial charge < -0.3 is 0 Å². The van der Waals surface area contributed by atoms with Crippen LogP contribution >= 0.6 is 0 Å². The first-order valence-electron chi connectivity index (χ1n) is 8.90. The van der Waals surface area contributed by atoms with Crippen LogP contribution in [0.4, 0.5) is 22.0 Å². The van der Waals surface area contributed by atoms with Gasteiger partial charge in [-0.25, -0.2) is 17.6 Å². The summed E-state index contributed by atoms with van der Waals surface area (Å²) >= 11 is 0. The van der Waals surface area contributed by atoms with Crippen LogP contribution in [-0.2, 0) is 6.42 Å². The molecule has 140 valence electrons. The molecule has 1 fully saturated rings. The van der Waals surface area contributed by atoms with Crippen molar-refractivity contribution in [3.05, 3.63) is 69.8 Å². The van der Waals surface area contributed by atoms with Gasteiger partial charge in [-0.05, 0) is 79.8 Å². The summed E-state index contributed by atoms with van der Waals surface area (Å²) in [6, 6.07) is 5.12. The third-order valence-corrected chi connectivity index (χ3v) is 5.43. The van der Waals surface area contributed by atoms with Crippen molar-refractivity contribution in [2.24, 2.45) is 0 Å². The van der Waals surface area contributed by atoms with Gasteiger partial charge in [-0.15, -0.1) is 0 Å². The van der Waals surface area contributed by atoms with E-state index in [4.69, 9.17) is 0 Å².